The van der Waals surface area contributed by atoms with E-state index in [-0.39, 0.29) is 24.8 Å². The van der Waals surface area contributed by atoms with Crippen molar-refractivity contribution >= 4 is 44.5 Å². The lowest BCUT2D eigenvalue weighted by Crippen LogP contribution is -2.19. The van der Waals surface area contributed by atoms with E-state index < -0.39 is 0 Å². The van der Waals surface area contributed by atoms with Crippen molar-refractivity contribution in [2.75, 3.05) is 12.3 Å². The molecule has 0 unspecified atom stereocenters. The quantitative estimate of drug-likeness (QED) is 0.337. The van der Waals surface area contributed by atoms with E-state index in [0.29, 0.717) is 38.3 Å². The number of benzene rings is 2. The van der Waals surface area contributed by atoms with Gasteiger partial charge in [-0.05, 0) is 58.2 Å². The molecule has 0 aliphatic heterocycles. The van der Waals surface area contributed by atoms with Gasteiger partial charge in [0.25, 0.3) is 0 Å². The van der Waals surface area contributed by atoms with Crippen LogP contribution in [0.25, 0.3) is 0 Å². The molecule has 3 aromatic rings. The Morgan fingerprint density at radius 3 is 2.74 bits per heavy atom. The third-order valence-electron chi connectivity index (χ3n) is 3.83. The summed E-state index contributed by atoms with van der Waals surface area (Å²) in [5.74, 6) is 0.385. The Kier molecular flexibility index (Phi) is 7.90. The van der Waals surface area contributed by atoms with Crippen LogP contribution in [0.15, 0.2) is 46.0 Å². The van der Waals surface area contributed by atoms with Crippen molar-refractivity contribution in [2.24, 2.45) is 5.10 Å². The fourth-order valence-corrected chi connectivity index (χ4v) is 3.68. The number of nitrogens with one attached hydrogen (secondary N) is 1. The average molecular weight is 508 g/mol. The molecule has 0 radical (unpaired) electrons. The SMILES string of the molecule is CCOc1cc(C=NNC(=O)Cc2nnc(N)s2)cc(Br)c1OCc1ccc(F)cc1. The van der Waals surface area contributed by atoms with Gasteiger partial charge in [0, 0.05) is 0 Å². The molecule has 0 aliphatic carbocycles. The summed E-state index contributed by atoms with van der Waals surface area (Å²) in [6.07, 6.45) is 1.53. The molecular formula is C20H19BrFN5O3S. The van der Waals surface area contributed by atoms with Crippen LogP contribution in [-0.2, 0) is 17.8 Å². The number of halogens is 2. The summed E-state index contributed by atoms with van der Waals surface area (Å²) in [7, 11) is 0. The number of nitrogens with zero attached hydrogens (tertiary/aromatic N) is 3. The molecule has 0 saturated carbocycles. The molecule has 3 rings (SSSR count). The molecule has 0 spiro atoms. The second kappa shape index (κ2) is 10.8. The highest BCUT2D eigenvalue weighted by molar-refractivity contribution is 9.10. The fourth-order valence-electron chi connectivity index (χ4n) is 2.50. The van der Waals surface area contributed by atoms with E-state index >= 15 is 0 Å². The zero-order valence-corrected chi connectivity index (χ0v) is 18.9. The van der Waals surface area contributed by atoms with Gasteiger partial charge in [0.05, 0.1) is 23.7 Å². The molecule has 2 aromatic carbocycles. The Hall–Kier alpha value is -3.05. The maximum Gasteiger partial charge on any atom is 0.247 e. The Morgan fingerprint density at radius 1 is 1.29 bits per heavy atom. The van der Waals surface area contributed by atoms with E-state index in [2.05, 4.69) is 36.7 Å². The largest absolute Gasteiger partial charge is 0.490 e. The van der Waals surface area contributed by atoms with Crippen LogP contribution in [0.5, 0.6) is 11.5 Å². The molecule has 3 N–H and O–H groups in total. The van der Waals surface area contributed by atoms with Crippen LogP contribution in [0.2, 0.25) is 0 Å². The van der Waals surface area contributed by atoms with Crippen LogP contribution in [0.3, 0.4) is 0 Å². The number of hydrazone groups is 1. The Labute approximate surface area is 190 Å². The minimum Gasteiger partial charge on any atom is -0.490 e. The summed E-state index contributed by atoms with van der Waals surface area (Å²) in [4.78, 5) is 11.9. The first-order valence-electron chi connectivity index (χ1n) is 9.18. The fraction of sp³-hybridized carbons (Fsp3) is 0.200. The van der Waals surface area contributed by atoms with Crippen LogP contribution in [0.1, 0.15) is 23.1 Å². The monoisotopic (exact) mass is 507 g/mol. The lowest BCUT2D eigenvalue weighted by molar-refractivity contribution is -0.120. The van der Waals surface area contributed by atoms with Gasteiger partial charge in [-0.3, -0.25) is 4.79 Å². The number of anilines is 1. The molecule has 8 nitrogen and oxygen atoms in total. The van der Waals surface area contributed by atoms with Crippen molar-refractivity contribution in [1.29, 1.82) is 0 Å². The minimum absolute atomic E-state index is 0.0380. The van der Waals surface area contributed by atoms with Gasteiger partial charge in [-0.15, -0.1) is 10.2 Å². The highest BCUT2D eigenvalue weighted by Gasteiger charge is 2.13. The number of aromatic nitrogens is 2. The maximum atomic E-state index is 13.1. The molecule has 1 aromatic heterocycles. The molecule has 0 atom stereocenters. The summed E-state index contributed by atoms with van der Waals surface area (Å²) >= 11 is 4.63. The predicted molar refractivity (Wildman–Crippen MR) is 120 cm³/mol. The van der Waals surface area contributed by atoms with Gasteiger partial charge >= 0.3 is 0 Å². The molecule has 1 amide bonds. The Bertz CT molecular complexity index is 1080. The van der Waals surface area contributed by atoms with Crippen LogP contribution in [-0.4, -0.2) is 28.9 Å². The summed E-state index contributed by atoms with van der Waals surface area (Å²) in [5.41, 5.74) is 9.44. The van der Waals surface area contributed by atoms with Gasteiger partial charge in [0.2, 0.25) is 11.0 Å². The zero-order chi connectivity index (χ0) is 22.2. The predicted octanol–water partition coefficient (Wildman–Crippen LogP) is 3.69. The number of hydrogen-bond acceptors (Lipinski definition) is 8. The van der Waals surface area contributed by atoms with Gasteiger partial charge < -0.3 is 15.2 Å². The van der Waals surface area contributed by atoms with Crippen LogP contribution in [0, 0.1) is 5.82 Å². The number of amides is 1. The molecule has 31 heavy (non-hydrogen) atoms. The van der Waals surface area contributed by atoms with E-state index in [0.717, 1.165) is 16.9 Å². The van der Waals surface area contributed by atoms with Crippen molar-refractivity contribution in [3.63, 3.8) is 0 Å². The highest BCUT2D eigenvalue weighted by Crippen LogP contribution is 2.37. The smallest absolute Gasteiger partial charge is 0.247 e. The summed E-state index contributed by atoms with van der Waals surface area (Å²) in [5, 5.41) is 12.2. The molecule has 0 fully saturated rings. The van der Waals surface area contributed by atoms with Crippen molar-refractivity contribution in [3.05, 3.63) is 62.8 Å². The third kappa shape index (κ3) is 6.72. The van der Waals surface area contributed by atoms with Crippen molar-refractivity contribution in [3.8, 4) is 11.5 Å². The van der Waals surface area contributed by atoms with E-state index in [1.807, 2.05) is 6.92 Å². The molecule has 162 valence electrons. The number of rotatable bonds is 9. The number of carbonyl (C=O) groups excluding carboxylic acids is 1. The molecule has 0 aliphatic rings. The first kappa shape index (κ1) is 22.6. The third-order valence-corrected chi connectivity index (χ3v) is 5.17. The topological polar surface area (TPSA) is 112 Å². The second-order valence-electron chi connectivity index (χ2n) is 6.18. The Morgan fingerprint density at radius 2 is 2.06 bits per heavy atom. The number of nitrogen functional groups attached to an aromatic ring is 1. The van der Waals surface area contributed by atoms with E-state index in [1.54, 1.807) is 24.3 Å². The number of hydrogen-bond donors (Lipinski definition) is 2. The van der Waals surface area contributed by atoms with Crippen LogP contribution >= 0.6 is 27.3 Å². The number of nitrogens with two attached hydrogens (primary N) is 1. The molecule has 0 saturated heterocycles. The second-order valence-corrected chi connectivity index (χ2v) is 8.13. The van der Waals surface area contributed by atoms with Crippen LogP contribution in [0.4, 0.5) is 9.52 Å². The summed E-state index contributed by atoms with van der Waals surface area (Å²) in [6.45, 7) is 2.54. The average Bonchev–Trinajstić information content (AvgIpc) is 3.13. The van der Waals surface area contributed by atoms with Gasteiger partial charge in [0.15, 0.2) is 11.5 Å². The van der Waals surface area contributed by atoms with E-state index in [9.17, 15) is 9.18 Å². The minimum atomic E-state index is -0.337. The van der Waals surface area contributed by atoms with Gasteiger partial charge in [-0.25, -0.2) is 9.82 Å². The lowest BCUT2D eigenvalue weighted by atomic mass is 10.2. The van der Waals surface area contributed by atoms with Crippen molar-refractivity contribution < 1.29 is 18.7 Å². The summed E-state index contributed by atoms with van der Waals surface area (Å²) < 4.78 is 25.3. The maximum absolute atomic E-state index is 13.1. The lowest BCUT2D eigenvalue weighted by Gasteiger charge is -2.14. The highest BCUT2D eigenvalue weighted by atomic mass is 79.9. The molecular weight excluding hydrogens is 489 g/mol. The van der Waals surface area contributed by atoms with Gasteiger partial charge in [0.1, 0.15) is 17.4 Å². The standard InChI is InChI=1S/C20H19BrFN5O3S/c1-2-29-16-8-13(10-24-25-17(28)9-18-26-27-20(23)31-18)7-15(21)19(16)30-11-12-3-5-14(22)6-4-12/h3-8,10H,2,9,11H2,1H3,(H2,23,27)(H,25,28). The molecule has 1 heterocycles. The van der Waals surface area contributed by atoms with Gasteiger partial charge in [-0.1, -0.05) is 23.5 Å². The molecule has 0 bridgehead atoms. The summed E-state index contributed by atoms with van der Waals surface area (Å²) in [6, 6.07) is 9.60. The zero-order valence-electron chi connectivity index (χ0n) is 16.5. The first-order valence-corrected chi connectivity index (χ1v) is 10.8. The van der Waals surface area contributed by atoms with Crippen molar-refractivity contribution in [2.45, 2.75) is 20.0 Å². The normalized spacial score (nSPS) is 10.9. The van der Waals surface area contributed by atoms with Gasteiger partial charge in [-0.2, -0.15) is 5.10 Å². The van der Waals surface area contributed by atoms with E-state index in [4.69, 9.17) is 15.2 Å². The first-order chi connectivity index (χ1) is 14.9. The molecule has 11 heteroatoms. The van der Waals surface area contributed by atoms with Crippen LogP contribution < -0.4 is 20.6 Å². The number of carbonyl (C=O) groups is 1. The van der Waals surface area contributed by atoms with Crippen molar-refractivity contribution in [1.82, 2.24) is 15.6 Å². The van der Waals surface area contributed by atoms with E-state index in [1.165, 1.54) is 18.3 Å². The Balaban J connectivity index is 1.66. The number of ether oxygens (including phenoxy) is 2.